The van der Waals surface area contributed by atoms with Gasteiger partial charge in [-0.15, -0.1) is 0 Å². The second-order valence-corrected chi connectivity index (χ2v) is 4.90. The Morgan fingerprint density at radius 1 is 1.37 bits per heavy atom. The Morgan fingerprint density at radius 3 is 2.79 bits per heavy atom. The van der Waals surface area contributed by atoms with E-state index in [0.29, 0.717) is 11.6 Å². The highest BCUT2D eigenvalue weighted by atomic mass is 16.5. The van der Waals surface area contributed by atoms with Crippen molar-refractivity contribution in [2.45, 2.75) is 32.6 Å². The number of H-pyrrole nitrogens is 1. The third-order valence-electron chi connectivity index (χ3n) is 3.25. The van der Waals surface area contributed by atoms with E-state index in [-0.39, 0.29) is 5.56 Å². The molecule has 3 rings (SSSR count). The van der Waals surface area contributed by atoms with Crippen molar-refractivity contribution in [1.82, 2.24) is 15.1 Å². The molecule has 98 valence electrons. The Kier molecular flexibility index (Phi) is 2.81. The maximum absolute atomic E-state index is 11.6. The van der Waals surface area contributed by atoms with Gasteiger partial charge in [0.15, 0.2) is 0 Å². The van der Waals surface area contributed by atoms with Gasteiger partial charge in [0, 0.05) is 17.5 Å². The summed E-state index contributed by atoms with van der Waals surface area (Å²) in [6.45, 7) is 3.75. The highest BCUT2D eigenvalue weighted by molar-refractivity contribution is 5.69. The van der Waals surface area contributed by atoms with Gasteiger partial charge in [-0.2, -0.15) is 0 Å². The van der Waals surface area contributed by atoms with Crippen molar-refractivity contribution in [3.8, 4) is 0 Å². The molecule has 1 aliphatic rings. The second-order valence-electron chi connectivity index (χ2n) is 4.90. The predicted molar refractivity (Wildman–Crippen MR) is 71.7 cm³/mol. The Labute approximate surface area is 110 Å². The largest absolute Gasteiger partial charge is 0.361 e. The molecule has 19 heavy (non-hydrogen) atoms. The Bertz CT molecular complexity index is 673. The maximum Gasteiger partial charge on any atom is 0.251 e. The van der Waals surface area contributed by atoms with Gasteiger partial charge in [-0.05, 0) is 38.8 Å². The van der Waals surface area contributed by atoms with Crippen LogP contribution in [0.15, 0.2) is 15.4 Å². The third-order valence-corrected chi connectivity index (χ3v) is 3.25. The molecule has 1 aliphatic carbocycles. The highest BCUT2D eigenvalue weighted by Gasteiger charge is 2.26. The molecule has 5 heteroatoms. The minimum Gasteiger partial charge on any atom is -0.361 e. The van der Waals surface area contributed by atoms with Crippen LogP contribution in [0.1, 0.15) is 47.3 Å². The topological polar surface area (TPSA) is 71.8 Å². The first-order chi connectivity index (χ1) is 9.13. The van der Waals surface area contributed by atoms with E-state index in [4.69, 9.17) is 4.52 Å². The standard InChI is InChI=1S/C14H15N3O2/c1-8-12(9(2)19-17-8)6-5-11-7-13(18)16-14(15-11)10-3-4-10/h5-7,10H,3-4H2,1-2H3,(H,15,16,18)/b6-5+. The fourth-order valence-electron chi connectivity index (χ4n) is 2.03. The first-order valence-corrected chi connectivity index (χ1v) is 6.35. The van der Waals surface area contributed by atoms with Crippen molar-refractivity contribution < 1.29 is 4.52 Å². The van der Waals surface area contributed by atoms with Gasteiger partial charge in [0.1, 0.15) is 11.6 Å². The molecular weight excluding hydrogens is 242 g/mol. The van der Waals surface area contributed by atoms with Crippen LogP contribution in [0.3, 0.4) is 0 Å². The molecule has 0 radical (unpaired) electrons. The van der Waals surface area contributed by atoms with E-state index in [2.05, 4.69) is 15.1 Å². The molecule has 0 spiro atoms. The SMILES string of the molecule is Cc1noc(C)c1/C=C/c1cc(=O)[nH]c(C2CC2)n1. The molecule has 0 amide bonds. The second kappa shape index (κ2) is 4.50. The van der Waals surface area contributed by atoms with Gasteiger partial charge < -0.3 is 9.51 Å². The fourth-order valence-corrected chi connectivity index (χ4v) is 2.03. The summed E-state index contributed by atoms with van der Waals surface area (Å²) in [5.74, 6) is 1.99. The fraction of sp³-hybridized carbons (Fsp3) is 0.357. The van der Waals surface area contributed by atoms with Gasteiger partial charge in [0.05, 0.1) is 11.4 Å². The zero-order valence-corrected chi connectivity index (χ0v) is 10.9. The highest BCUT2D eigenvalue weighted by Crippen LogP contribution is 2.37. The number of hydrogen-bond donors (Lipinski definition) is 1. The normalized spacial score (nSPS) is 15.3. The zero-order valence-electron chi connectivity index (χ0n) is 10.9. The molecule has 1 fully saturated rings. The molecule has 2 aromatic rings. The minimum absolute atomic E-state index is 0.102. The minimum atomic E-state index is -0.102. The molecular formula is C14H15N3O2. The first kappa shape index (κ1) is 11.9. The summed E-state index contributed by atoms with van der Waals surface area (Å²) in [5, 5.41) is 3.89. The van der Waals surface area contributed by atoms with Crippen LogP contribution in [0.2, 0.25) is 0 Å². The number of nitrogens with one attached hydrogen (secondary N) is 1. The molecule has 1 saturated carbocycles. The number of aryl methyl sites for hydroxylation is 2. The molecule has 2 aromatic heterocycles. The van der Waals surface area contributed by atoms with Gasteiger partial charge in [0.25, 0.3) is 5.56 Å². The summed E-state index contributed by atoms with van der Waals surface area (Å²) in [4.78, 5) is 18.8. The molecule has 0 bridgehead atoms. The number of rotatable bonds is 3. The van der Waals surface area contributed by atoms with Crippen molar-refractivity contribution >= 4 is 12.2 Å². The third kappa shape index (κ3) is 2.50. The zero-order chi connectivity index (χ0) is 13.4. The van der Waals surface area contributed by atoms with Crippen molar-refractivity contribution in [2.75, 3.05) is 0 Å². The van der Waals surface area contributed by atoms with Crippen molar-refractivity contribution in [1.29, 1.82) is 0 Å². The average molecular weight is 257 g/mol. The van der Waals surface area contributed by atoms with Crippen LogP contribution in [0.5, 0.6) is 0 Å². The molecule has 0 unspecified atom stereocenters. The van der Waals surface area contributed by atoms with E-state index in [1.807, 2.05) is 26.0 Å². The van der Waals surface area contributed by atoms with Crippen LogP contribution in [0.25, 0.3) is 12.2 Å². The Balaban J connectivity index is 1.92. The molecule has 0 aliphatic heterocycles. The molecule has 2 heterocycles. The monoisotopic (exact) mass is 257 g/mol. The maximum atomic E-state index is 11.6. The molecule has 1 N–H and O–H groups in total. The van der Waals surface area contributed by atoms with Crippen molar-refractivity contribution in [2.24, 2.45) is 0 Å². The number of aromatic amines is 1. The summed E-state index contributed by atoms with van der Waals surface area (Å²) >= 11 is 0. The lowest BCUT2D eigenvalue weighted by atomic mass is 10.2. The summed E-state index contributed by atoms with van der Waals surface area (Å²) in [6, 6.07) is 1.50. The quantitative estimate of drug-likeness (QED) is 0.916. The van der Waals surface area contributed by atoms with Crippen molar-refractivity contribution in [3.63, 3.8) is 0 Å². The van der Waals surface area contributed by atoms with E-state index in [1.165, 1.54) is 6.07 Å². The number of hydrogen-bond acceptors (Lipinski definition) is 4. The van der Waals surface area contributed by atoms with E-state index in [9.17, 15) is 4.79 Å². The molecule has 0 aromatic carbocycles. The summed E-state index contributed by atoms with van der Waals surface area (Å²) in [6.07, 6.45) is 5.94. The summed E-state index contributed by atoms with van der Waals surface area (Å²) in [5.41, 5.74) is 2.34. The lowest BCUT2D eigenvalue weighted by Crippen LogP contribution is -2.10. The average Bonchev–Trinajstić information content (AvgIpc) is 3.15. The van der Waals surface area contributed by atoms with Crippen LogP contribution in [0, 0.1) is 13.8 Å². The smallest absolute Gasteiger partial charge is 0.251 e. The molecule has 0 saturated heterocycles. The van der Waals surface area contributed by atoms with Crippen LogP contribution in [0.4, 0.5) is 0 Å². The van der Waals surface area contributed by atoms with E-state index in [1.54, 1.807) is 0 Å². The van der Waals surface area contributed by atoms with Gasteiger partial charge in [-0.1, -0.05) is 5.16 Å². The lowest BCUT2D eigenvalue weighted by molar-refractivity contribution is 0.393. The summed E-state index contributed by atoms with van der Waals surface area (Å²) in [7, 11) is 0. The van der Waals surface area contributed by atoms with Gasteiger partial charge in [0.2, 0.25) is 0 Å². The molecule has 5 nitrogen and oxygen atoms in total. The van der Waals surface area contributed by atoms with Crippen LogP contribution >= 0.6 is 0 Å². The first-order valence-electron chi connectivity index (χ1n) is 6.35. The van der Waals surface area contributed by atoms with E-state index in [0.717, 1.165) is 35.7 Å². The van der Waals surface area contributed by atoms with E-state index >= 15 is 0 Å². The Hall–Kier alpha value is -2.17. The van der Waals surface area contributed by atoms with Gasteiger partial charge >= 0.3 is 0 Å². The van der Waals surface area contributed by atoms with Gasteiger partial charge in [-0.25, -0.2) is 4.98 Å². The predicted octanol–water partition coefficient (Wildman–Crippen LogP) is 2.42. The summed E-state index contributed by atoms with van der Waals surface area (Å²) < 4.78 is 5.09. The number of nitrogens with zero attached hydrogens (tertiary/aromatic N) is 2. The van der Waals surface area contributed by atoms with Crippen LogP contribution < -0.4 is 5.56 Å². The van der Waals surface area contributed by atoms with E-state index < -0.39 is 0 Å². The van der Waals surface area contributed by atoms with Crippen molar-refractivity contribution in [3.05, 3.63) is 45.0 Å². The molecule has 0 atom stereocenters. The van der Waals surface area contributed by atoms with Gasteiger partial charge in [-0.3, -0.25) is 4.79 Å². The lowest BCUT2D eigenvalue weighted by Gasteiger charge is -1.98. The van der Waals surface area contributed by atoms with Crippen LogP contribution in [-0.2, 0) is 0 Å². The van der Waals surface area contributed by atoms with Crippen LogP contribution in [-0.4, -0.2) is 15.1 Å². The number of aromatic nitrogens is 3. The Morgan fingerprint density at radius 2 is 2.16 bits per heavy atom.